The molecule has 1 atom stereocenters. The molecule has 1 aliphatic carbocycles. The fraction of sp³-hybridized carbons (Fsp3) is 0.323. The smallest absolute Gasteiger partial charge is 0.335 e. The Morgan fingerprint density at radius 3 is 2.28 bits per heavy atom. The molecular formula is C31H31FO4. The van der Waals surface area contributed by atoms with Gasteiger partial charge in [-0.15, -0.1) is 0 Å². The van der Waals surface area contributed by atoms with Crippen LogP contribution >= 0.6 is 0 Å². The third-order valence-corrected chi connectivity index (χ3v) is 7.01. The lowest BCUT2D eigenvalue weighted by molar-refractivity contribution is 0.0697. The number of carbonyl (C=O) groups is 1. The summed E-state index contributed by atoms with van der Waals surface area (Å²) >= 11 is 0. The molecule has 3 aromatic carbocycles. The van der Waals surface area contributed by atoms with Gasteiger partial charge >= 0.3 is 5.97 Å². The van der Waals surface area contributed by atoms with Crippen LogP contribution in [0.4, 0.5) is 4.39 Å². The molecule has 36 heavy (non-hydrogen) atoms. The number of rotatable bonds is 5. The van der Waals surface area contributed by atoms with Crippen molar-refractivity contribution in [3.63, 3.8) is 0 Å². The van der Waals surface area contributed by atoms with E-state index in [1.165, 1.54) is 24.3 Å². The van der Waals surface area contributed by atoms with Crippen molar-refractivity contribution in [1.29, 1.82) is 0 Å². The second-order valence-corrected chi connectivity index (χ2v) is 10.7. The lowest BCUT2D eigenvalue weighted by Crippen LogP contribution is -2.34. The number of aliphatic hydroxyl groups is 1. The first-order chi connectivity index (χ1) is 17.0. The van der Waals surface area contributed by atoms with Gasteiger partial charge in [0.25, 0.3) is 0 Å². The van der Waals surface area contributed by atoms with Crippen LogP contribution in [0.15, 0.2) is 60.7 Å². The highest BCUT2D eigenvalue weighted by molar-refractivity contribution is 5.87. The molecule has 0 saturated carbocycles. The van der Waals surface area contributed by atoms with Crippen LogP contribution in [0, 0.1) is 17.7 Å². The molecule has 0 radical (unpaired) electrons. The fourth-order valence-corrected chi connectivity index (χ4v) is 4.70. The van der Waals surface area contributed by atoms with E-state index in [4.69, 9.17) is 9.84 Å². The van der Waals surface area contributed by atoms with Gasteiger partial charge in [-0.2, -0.15) is 0 Å². The van der Waals surface area contributed by atoms with Gasteiger partial charge in [0.05, 0.1) is 5.56 Å². The lowest BCUT2D eigenvalue weighted by atomic mass is 9.62. The third kappa shape index (κ3) is 5.45. The minimum Gasteiger partial charge on any atom is -0.489 e. The summed E-state index contributed by atoms with van der Waals surface area (Å²) in [6.45, 7) is 9.11. The molecule has 186 valence electrons. The first kappa shape index (κ1) is 25.5. The fourth-order valence-electron chi connectivity index (χ4n) is 4.70. The third-order valence-electron chi connectivity index (χ3n) is 7.01. The average molecular weight is 487 g/mol. The van der Waals surface area contributed by atoms with Crippen molar-refractivity contribution in [1.82, 2.24) is 0 Å². The van der Waals surface area contributed by atoms with E-state index < -0.39 is 12.1 Å². The topological polar surface area (TPSA) is 66.8 Å². The van der Waals surface area contributed by atoms with Crippen LogP contribution in [0.2, 0.25) is 0 Å². The van der Waals surface area contributed by atoms with Crippen molar-refractivity contribution < 1.29 is 24.1 Å². The normalized spacial score (nSPS) is 16.3. The van der Waals surface area contributed by atoms with Crippen LogP contribution in [-0.4, -0.2) is 16.2 Å². The van der Waals surface area contributed by atoms with Gasteiger partial charge in [-0.3, -0.25) is 0 Å². The predicted octanol–water partition coefficient (Wildman–Crippen LogP) is 6.54. The van der Waals surface area contributed by atoms with Crippen molar-refractivity contribution in [2.24, 2.45) is 0 Å². The molecule has 1 unspecified atom stereocenters. The summed E-state index contributed by atoms with van der Waals surface area (Å²) in [6, 6.07) is 16.4. The molecule has 3 aromatic rings. The Bertz CT molecular complexity index is 1330. The highest BCUT2D eigenvalue weighted by Crippen LogP contribution is 2.50. The van der Waals surface area contributed by atoms with E-state index in [0.29, 0.717) is 16.9 Å². The standard InChI is InChI=1S/C31H31FO4/c1-30(2)15-16-31(3,4)28-25(30)17-23(18-27(28)36-19-21-7-12-24(32)13-8-21)26(33)14-9-20-5-10-22(11-6-20)29(34)35/h5-8,10-13,17-18,26,33H,15-16,19H2,1-4H3,(H,34,35). The number of halogens is 1. The number of ether oxygens (including phenoxy) is 1. The largest absolute Gasteiger partial charge is 0.489 e. The molecule has 5 heteroatoms. The van der Waals surface area contributed by atoms with E-state index in [1.807, 2.05) is 12.1 Å². The van der Waals surface area contributed by atoms with Crippen LogP contribution in [0.25, 0.3) is 0 Å². The summed E-state index contributed by atoms with van der Waals surface area (Å²) in [4.78, 5) is 11.1. The Hall–Kier alpha value is -3.62. The zero-order chi connectivity index (χ0) is 26.1. The molecule has 0 heterocycles. The number of aromatic carboxylic acids is 1. The van der Waals surface area contributed by atoms with Crippen molar-refractivity contribution in [2.75, 3.05) is 0 Å². The van der Waals surface area contributed by atoms with Gasteiger partial charge in [0.1, 0.15) is 24.3 Å². The molecule has 2 N–H and O–H groups in total. The van der Waals surface area contributed by atoms with Crippen molar-refractivity contribution >= 4 is 5.97 Å². The minimum atomic E-state index is -1.05. The number of benzene rings is 3. The molecule has 0 aromatic heterocycles. The molecule has 4 nitrogen and oxygen atoms in total. The monoisotopic (exact) mass is 486 g/mol. The Morgan fingerprint density at radius 1 is 1.00 bits per heavy atom. The van der Waals surface area contributed by atoms with E-state index >= 15 is 0 Å². The summed E-state index contributed by atoms with van der Waals surface area (Å²) in [6.07, 6.45) is 0.961. The first-order valence-corrected chi connectivity index (χ1v) is 12.1. The van der Waals surface area contributed by atoms with Crippen LogP contribution < -0.4 is 4.74 Å². The molecule has 0 aliphatic heterocycles. The van der Waals surface area contributed by atoms with Crippen molar-refractivity contribution in [3.8, 4) is 17.6 Å². The summed E-state index contributed by atoms with van der Waals surface area (Å²) in [5.41, 5.74) is 4.36. The lowest BCUT2D eigenvalue weighted by Gasteiger charge is -2.43. The second-order valence-electron chi connectivity index (χ2n) is 10.7. The van der Waals surface area contributed by atoms with E-state index in [-0.39, 0.29) is 28.8 Å². The van der Waals surface area contributed by atoms with E-state index in [9.17, 15) is 14.3 Å². The van der Waals surface area contributed by atoms with Crippen LogP contribution in [0.5, 0.6) is 5.75 Å². The van der Waals surface area contributed by atoms with E-state index in [1.54, 1.807) is 24.3 Å². The van der Waals surface area contributed by atoms with Gasteiger partial charge in [0.2, 0.25) is 0 Å². The molecule has 0 saturated heterocycles. The molecule has 4 rings (SSSR count). The average Bonchev–Trinajstić information content (AvgIpc) is 2.85. The summed E-state index contributed by atoms with van der Waals surface area (Å²) < 4.78 is 19.7. The van der Waals surface area contributed by atoms with Crippen molar-refractivity contribution in [2.45, 2.75) is 64.1 Å². The van der Waals surface area contributed by atoms with Gasteiger partial charge in [0.15, 0.2) is 0 Å². The molecule has 0 fully saturated rings. The van der Waals surface area contributed by atoms with E-state index in [0.717, 1.165) is 29.5 Å². The SMILES string of the molecule is CC1(C)CCC(C)(C)c2c(OCc3ccc(F)cc3)cc(C(O)C#Cc3ccc(C(=O)O)cc3)cc21. The highest BCUT2D eigenvalue weighted by Gasteiger charge is 2.40. The van der Waals surface area contributed by atoms with Gasteiger partial charge in [0, 0.05) is 11.1 Å². The van der Waals surface area contributed by atoms with Crippen LogP contribution in [0.1, 0.15) is 84.8 Å². The maximum atomic E-state index is 13.3. The quantitative estimate of drug-likeness (QED) is 0.402. The van der Waals surface area contributed by atoms with Crippen LogP contribution in [-0.2, 0) is 17.4 Å². The maximum absolute atomic E-state index is 13.3. The minimum absolute atomic E-state index is 0.103. The number of fused-ring (bicyclic) bond motifs is 1. The number of carboxylic acids is 1. The summed E-state index contributed by atoms with van der Waals surface area (Å²) in [5, 5.41) is 20.1. The Kier molecular flexibility index (Phi) is 6.93. The Morgan fingerprint density at radius 2 is 1.64 bits per heavy atom. The number of hydrogen-bond acceptors (Lipinski definition) is 3. The van der Waals surface area contributed by atoms with E-state index in [2.05, 4.69) is 39.5 Å². The summed E-state index contributed by atoms with van der Waals surface area (Å²) in [7, 11) is 0. The number of carboxylic acid groups (broad SMARTS) is 1. The highest BCUT2D eigenvalue weighted by atomic mass is 19.1. The van der Waals surface area contributed by atoms with Gasteiger partial charge in [-0.25, -0.2) is 9.18 Å². The number of hydrogen-bond donors (Lipinski definition) is 2. The summed E-state index contributed by atoms with van der Waals surface area (Å²) in [5.74, 6) is 5.24. The molecule has 0 bridgehead atoms. The zero-order valence-electron chi connectivity index (χ0n) is 21.1. The molecule has 1 aliphatic rings. The Balaban J connectivity index is 1.71. The van der Waals surface area contributed by atoms with Crippen molar-refractivity contribution in [3.05, 3.63) is 99.9 Å². The van der Waals surface area contributed by atoms with Crippen LogP contribution in [0.3, 0.4) is 0 Å². The van der Waals surface area contributed by atoms with Gasteiger partial charge in [-0.05, 0) is 82.8 Å². The zero-order valence-corrected chi connectivity index (χ0v) is 21.1. The second kappa shape index (κ2) is 9.79. The van der Waals surface area contributed by atoms with Gasteiger partial charge < -0.3 is 14.9 Å². The predicted molar refractivity (Wildman–Crippen MR) is 138 cm³/mol. The molecule has 0 amide bonds. The Labute approximate surface area is 211 Å². The van der Waals surface area contributed by atoms with Gasteiger partial charge in [-0.1, -0.05) is 57.7 Å². The molecule has 0 spiro atoms. The maximum Gasteiger partial charge on any atom is 0.335 e. The molecular weight excluding hydrogens is 455 g/mol. The number of aliphatic hydroxyl groups excluding tert-OH is 1. The first-order valence-electron chi connectivity index (χ1n) is 12.1.